The average molecular weight is 263 g/mol. The molecular formula is C14H21N3O2. The van der Waals surface area contributed by atoms with Gasteiger partial charge in [0, 0.05) is 19.3 Å². The smallest absolute Gasteiger partial charge is 0.256 e. The first kappa shape index (κ1) is 15.0. The fraction of sp³-hybridized carbons (Fsp3) is 0.429. The van der Waals surface area contributed by atoms with E-state index in [9.17, 15) is 9.59 Å². The van der Waals surface area contributed by atoms with Crippen molar-refractivity contribution in [3.05, 3.63) is 29.8 Å². The summed E-state index contributed by atoms with van der Waals surface area (Å²) in [7, 11) is 1.76. The summed E-state index contributed by atoms with van der Waals surface area (Å²) in [6, 6.07) is 7.23. The zero-order valence-electron chi connectivity index (χ0n) is 11.5. The van der Waals surface area contributed by atoms with Crippen molar-refractivity contribution in [3.63, 3.8) is 0 Å². The number of anilines is 1. The molecule has 0 aliphatic carbocycles. The third-order valence-corrected chi connectivity index (χ3v) is 2.84. The number of hydrogen-bond acceptors (Lipinski definition) is 3. The van der Waals surface area contributed by atoms with Crippen LogP contribution in [0.1, 0.15) is 30.1 Å². The highest BCUT2D eigenvalue weighted by Crippen LogP contribution is 2.16. The summed E-state index contributed by atoms with van der Waals surface area (Å²) in [5.41, 5.74) is 6.51. The molecule has 2 amide bonds. The van der Waals surface area contributed by atoms with Crippen molar-refractivity contribution in [1.82, 2.24) is 4.90 Å². The van der Waals surface area contributed by atoms with Crippen LogP contribution in [0.25, 0.3) is 0 Å². The maximum atomic E-state index is 12.4. The van der Waals surface area contributed by atoms with Crippen molar-refractivity contribution in [2.45, 2.75) is 19.8 Å². The average Bonchev–Trinajstić information content (AvgIpc) is 2.42. The maximum Gasteiger partial charge on any atom is 0.256 e. The summed E-state index contributed by atoms with van der Waals surface area (Å²) in [4.78, 5) is 25.0. The second-order valence-corrected chi connectivity index (χ2v) is 4.34. The van der Waals surface area contributed by atoms with Crippen LogP contribution in [0, 0.1) is 0 Å². The van der Waals surface area contributed by atoms with Crippen molar-refractivity contribution < 1.29 is 9.59 Å². The zero-order chi connectivity index (χ0) is 14.3. The minimum absolute atomic E-state index is 0.0448. The molecular weight excluding hydrogens is 242 g/mol. The maximum absolute atomic E-state index is 12.4. The molecule has 1 aromatic rings. The first-order chi connectivity index (χ1) is 9.10. The molecule has 0 radical (unpaired) electrons. The van der Waals surface area contributed by atoms with Gasteiger partial charge in [-0.1, -0.05) is 25.5 Å². The molecule has 3 N–H and O–H groups in total. The van der Waals surface area contributed by atoms with Gasteiger partial charge >= 0.3 is 0 Å². The molecule has 0 unspecified atom stereocenters. The van der Waals surface area contributed by atoms with E-state index in [1.165, 1.54) is 4.90 Å². The normalized spacial score (nSPS) is 10.0. The van der Waals surface area contributed by atoms with Gasteiger partial charge < -0.3 is 16.0 Å². The van der Waals surface area contributed by atoms with Gasteiger partial charge in [0.05, 0.1) is 12.1 Å². The summed E-state index contributed by atoms with van der Waals surface area (Å²) < 4.78 is 0. The van der Waals surface area contributed by atoms with Gasteiger partial charge in [-0.25, -0.2) is 0 Å². The second kappa shape index (κ2) is 7.41. The first-order valence-corrected chi connectivity index (χ1v) is 6.44. The molecule has 19 heavy (non-hydrogen) atoms. The highest BCUT2D eigenvalue weighted by Gasteiger charge is 2.19. The summed E-state index contributed by atoms with van der Waals surface area (Å²) >= 11 is 0. The molecule has 0 aromatic heterocycles. The number of nitrogens with zero attached hydrogens (tertiary/aromatic N) is 1. The number of unbranched alkanes of at least 4 members (excludes halogenated alkanes) is 1. The van der Waals surface area contributed by atoms with E-state index in [4.69, 9.17) is 5.73 Å². The number of nitrogens with one attached hydrogen (secondary N) is 1. The Morgan fingerprint density at radius 3 is 2.58 bits per heavy atom. The van der Waals surface area contributed by atoms with Gasteiger partial charge in [0.15, 0.2) is 0 Å². The lowest BCUT2D eigenvalue weighted by atomic mass is 10.1. The van der Waals surface area contributed by atoms with E-state index in [1.807, 2.05) is 19.1 Å². The second-order valence-electron chi connectivity index (χ2n) is 4.34. The Morgan fingerprint density at radius 2 is 2.00 bits per heavy atom. The molecule has 0 saturated carbocycles. The Hall–Kier alpha value is -2.04. The minimum Gasteiger partial charge on any atom is -0.387 e. The number of para-hydroxylation sites is 1. The monoisotopic (exact) mass is 263 g/mol. The fourth-order valence-corrected chi connectivity index (χ4v) is 1.85. The highest BCUT2D eigenvalue weighted by atomic mass is 16.2. The van der Waals surface area contributed by atoms with Crippen LogP contribution in [0.15, 0.2) is 24.3 Å². The molecule has 0 fully saturated rings. The van der Waals surface area contributed by atoms with Gasteiger partial charge in [-0.05, 0) is 18.6 Å². The standard InChI is InChI=1S/C14H21N3O2/c1-3-4-9-17(10-13(15)18)14(19)11-7-5-6-8-12(11)16-2/h5-8,16H,3-4,9-10H2,1-2H3,(H2,15,18). The number of nitrogens with two attached hydrogens (primary N) is 1. The predicted octanol–water partition coefficient (Wildman–Crippen LogP) is 1.46. The van der Waals surface area contributed by atoms with Crippen molar-refractivity contribution in [3.8, 4) is 0 Å². The molecule has 0 spiro atoms. The number of carbonyl (C=O) groups excluding carboxylic acids is 2. The van der Waals surface area contributed by atoms with E-state index in [1.54, 1.807) is 19.2 Å². The van der Waals surface area contributed by atoms with Crippen LogP contribution >= 0.6 is 0 Å². The molecule has 5 nitrogen and oxygen atoms in total. The molecule has 0 heterocycles. The van der Waals surface area contributed by atoms with Gasteiger partial charge in [-0.3, -0.25) is 9.59 Å². The number of primary amides is 1. The Morgan fingerprint density at radius 1 is 1.32 bits per heavy atom. The van der Waals surface area contributed by atoms with E-state index < -0.39 is 5.91 Å². The van der Waals surface area contributed by atoms with Gasteiger partial charge in [0.25, 0.3) is 5.91 Å². The molecule has 5 heteroatoms. The molecule has 1 aromatic carbocycles. The highest BCUT2D eigenvalue weighted by molar-refractivity contribution is 6.01. The molecule has 0 aliphatic heterocycles. The SMILES string of the molecule is CCCCN(CC(N)=O)C(=O)c1ccccc1NC. The van der Waals surface area contributed by atoms with E-state index in [-0.39, 0.29) is 12.5 Å². The first-order valence-electron chi connectivity index (χ1n) is 6.44. The zero-order valence-corrected chi connectivity index (χ0v) is 11.5. The van der Waals surface area contributed by atoms with Crippen molar-refractivity contribution in [2.75, 3.05) is 25.5 Å². The Kier molecular flexibility index (Phi) is 5.85. The van der Waals surface area contributed by atoms with Gasteiger partial charge in [-0.2, -0.15) is 0 Å². The number of carbonyl (C=O) groups is 2. The van der Waals surface area contributed by atoms with E-state index in [0.29, 0.717) is 12.1 Å². The van der Waals surface area contributed by atoms with Crippen LogP contribution in [0.3, 0.4) is 0 Å². The topological polar surface area (TPSA) is 75.4 Å². The lowest BCUT2D eigenvalue weighted by Crippen LogP contribution is -2.39. The van der Waals surface area contributed by atoms with Gasteiger partial charge in [0.1, 0.15) is 0 Å². The van der Waals surface area contributed by atoms with E-state index >= 15 is 0 Å². The molecule has 0 aliphatic rings. The minimum atomic E-state index is -0.494. The quantitative estimate of drug-likeness (QED) is 0.782. The number of benzene rings is 1. The number of amides is 2. The summed E-state index contributed by atoms with van der Waals surface area (Å²) in [5, 5.41) is 2.98. The number of hydrogen-bond donors (Lipinski definition) is 2. The third kappa shape index (κ3) is 4.28. The van der Waals surface area contributed by atoms with Crippen LogP contribution in [-0.2, 0) is 4.79 Å². The van der Waals surface area contributed by atoms with Gasteiger partial charge in [-0.15, -0.1) is 0 Å². The Bertz CT molecular complexity index is 446. The molecule has 104 valence electrons. The summed E-state index contributed by atoms with van der Waals surface area (Å²) in [5.74, 6) is -0.663. The van der Waals surface area contributed by atoms with Crippen LogP contribution in [0.5, 0.6) is 0 Å². The van der Waals surface area contributed by atoms with Crippen molar-refractivity contribution >= 4 is 17.5 Å². The van der Waals surface area contributed by atoms with Crippen molar-refractivity contribution in [1.29, 1.82) is 0 Å². The summed E-state index contributed by atoms with van der Waals surface area (Å²) in [6.45, 7) is 2.53. The summed E-state index contributed by atoms with van der Waals surface area (Å²) in [6.07, 6.45) is 1.80. The van der Waals surface area contributed by atoms with E-state index in [2.05, 4.69) is 5.32 Å². The van der Waals surface area contributed by atoms with Crippen LogP contribution in [0.2, 0.25) is 0 Å². The predicted molar refractivity (Wildman–Crippen MR) is 76.0 cm³/mol. The fourth-order valence-electron chi connectivity index (χ4n) is 1.85. The van der Waals surface area contributed by atoms with Gasteiger partial charge in [0.2, 0.25) is 5.91 Å². The van der Waals surface area contributed by atoms with E-state index in [0.717, 1.165) is 18.5 Å². The molecule has 0 atom stereocenters. The van der Waals surface area contributed by atoms with Crippen molar-refractivity contribution in [2.24, 2.45) is 5.73 Å². The number of rotatable bonds is 7. The van der Waals surface area contributed by atoms with Crippen LogP contribution < -0.4 is 11.1 Å². The Labute approximate surface area is 113 Å². The lowest BCUT2D eigenvalue weighted by molar-refractivity contribution is -0.118. The Balaban J connectivity index is 2.93. The van der Waals surface area contributed by atoms with Crippen LogP contribution in [-0.4, -0.2) is 36.9 Å². The molecule has 0 saturated heterocycles. The molecule has 0 bridgehead atoms. The lowest BCUT2D eigenvalue weighted by Gasteiger charge is -2.22. The molecule has 1 rings (SSSR count). The largest absolute Gasteiger partial charge is 0.387 e. The third-order valence-electron chi connectivity index (χ3n) is 2.84. The van der Waals surface area contributed by atoms with Crippen LogP contribution in [0.4, 0.5) is 5.69 Å².